The lowest BCUT2D eigenvalue weighted by molar-refractivity contribution is -0.144. The van der Waals surface area contributed by atoms with Gasteiger partial charge in [0.2, 0.25) is 11.8 Å². The van der Waals surface area contributed by atoms with Crippen LogP contribution < -0.4 is 10.6 Å². The predicted molar refractivity (Wildman–Crippen MR) is 119 cm³/mol. The summed E-state index contributed by atoms with van der Waals surface area (Å²) in [6.07, 6.45) is 7.34. The summed E-state index contributed by atoms with van der Waals surface area (Å²) in [5.74, 6) is 0.372. The van der Waals surface area contributed by atoms with Crippen molar-refractivity contribution in [1.29, 1.82) is 0 Å². The minimum atomic E-state index is -0.567. The molecule has 1 saturated carbocycles. The van der Waals surface area contributed by atoms with Crippen LogP contribution in [0.2, 0.25) is 0 Å². The second kappa shape index (κ2) is 12.3. The van der Waals surface area contributed by atoms with E-state index in [1.165, 1.54) is 19.3 Å². The number of nitrogens with zero attached hydrogens (tertiary/aromatic N) is 1. The van der Waals surface area contributed by atoms with E-state index in [-0.39, 0.29) is 43.5 Å². The molecule has 0 spiro atoms. The van der Waals surface area contributed by atoms with E-state index in [0.717, 1.165) is 25.7 Å². The molecule has 0 unspecified atom stereocenters. The lowest BCUT2D eigenvalue weighted by Gasteiger charge is -2.36. The molecule has 1 aliphatic carbocycles. The van der Waals surface area contributed by atoms with Crippen LogP contribution in [0.4, 0.5) is 4.79 Å². The number of hydrogen-bond donors (Lipinski definition) is 2. The van der Waals surface area contributed by atoms with Crippen molar-refractivity contribution in [3.05, 3.63) is 0 Å². The van der Waals surface area contributed by atoms with E-state index in [1.807, 2.05) is 4.90 Å². The van der Waals surface area contributed by atoms with E-state index in [4.69, 9.17) is 9.47 Å². The van der Waals surface area contributed by atoms with Crippen LogP contribution in [0, 0.1) is 5.92 Å². The molecule has 3 amide bonds. The van der Waals surface area contributed by atoms with Gasteiger partial charge in [0.15, 0.2) is 0 Å². The highest BCUT2D eigenvalue weighted by Crippen LogP contribution is 2.26. The van der Waals surface area contributed by atoms with Gasteiger partial charge < -0.3 is 25.0 Å². The van der Waals surface area contributed by atoms with E-state index < -0.39 is 11.7 Å². The fraction of sp³-hybridized carbons (Fsp3) is 0.870. The van der Waals surface area contributed by atoms with Crippen molar-refractivity contribution in [1.82, 2.24) is 15.5 Å². The maximum absolute atomic E-state index is 12.8. The van der Waals surface area contributed by atoms with E-state index in [1.54, 1.807) is 20.8 Å². The first kappa shape index (κ1) is 25.4. The van der Waals surface area contributed by atoms with Crippen molar-refractivity contribution in [2.75, 3.05) is 26.2 Å². The van der Waals surface area contributed by atoms with Gasteiger partial charge >= 0.3 is 6.09 Å². The lowest BCUT2D eigenvalue weighted by Crippen LogP contribution is -2.51. The van der Waals surface area contributed by atoms with Gasteiger partial charge in [-0.3, -0.25) is 9.59 Å². The second-order valence-corrected chi connectivity index (χ2v) is 9.83. The Kier molecular flexibility index (Phi) is 10.1. The number of piperidine rings is 1. The summed E-state index contributed by atoms with van der Waals surface area (Å²) < 4.78 is 11.1. The number of alkyl carbamates (subject to hydrolysis) is 1. The van der Waals surface area contributed by atoms with Gasteiger partial charge in [0.25, 0.3) is 0 Å². The van der Waals surface area contributed by atoms with Gasteiger partial charge in [-0.25, -0.2) is 4.79 Å². The van der Waals surface area contributed by atoms with Gasteiger partial charge in [-0.1, -0.05) is 19.8 Å². The van der Waals surface area contributed by atoms with Crippen molar-refractivity contribution < 1.29 is 23.9 Å². The molecule has 2 rings (SSSR count). The Hall–Kier alpha value is -1.83. The first-order chi connectivity index (χ1) is 14.7. The van der Waals surface area contributed by atoms with Crippen LogP contribution in [0.5, 0.6) is 0 Å². The third-order valence-electron chi connectivity index (χ3n) is 5.96. The fourth-order valence-electron chi connectivity index (χ4n) is 4.24. The Morgan fingerprint density at radius 3 is 2.42 bits per heavy atom. The number of amides is 3. The van der Waals surface area contributed by atoms with Crippen LogP contribution in [0.3, 0.4) is 0 Å². The molecule has 2 aliphatic rings. The third kappa shape index (κ3) is 9.46. The topological polar surface area (TPSA) is 97.0 Å². The van der Waals surface area contributed by atoms with Gasteiger partial charge in [0.1, 0.15) is 12.2 Å². The Labute approximate surface area is 186 Å². The molecule has 0 aromatic heterocycles. The zero-order valence-electron chi connectivity index (χ0n) is 19.7. The quantitative estimate of drug-likeness (QED) is 0.606. The molecule has 8 heteroatoms. The van der Waals surface area contributed by atoms with Crippen LogP contribution in [0.15, 0.2) is 0 Å². The molecule has 1 saturated heterocycles. The average Bonchev–Trinajstić information content (AvgIpc) is 2.70. The number of carbonyl (C=O) groups excluding carboxylic acids is 3. The number of hydrogen-bond acceptors (Lipinski definition) is 5. The summed E-state index contributed by atoms with van der Waals surface area (Å²) in [4.78, 5) is 38.5. The molecule has 0 bridgehead atoms. The SMILES string of the molecule is C[C@@H]1CCCC[C@@H]1OCC(=O)N1CCCC[C@@H]1CNC(=O)CCNC(=O)OC(C)(C)C. The summed E-state index contributed by atoms with van der Waals surface area (Å²) in [6.45, 7) is 9.04. The van der Waals surface area contributed by atoms with E-state index in [0.29, 0.717) is 19.0 Å². The molecule has 2 N–H and O–H groups in total. The van der Waals surface area contributed by atoms with E-state index in [9.17, 15) is 14.4 Å². The van der Waals surface area contributed by atoms with Crippen LogP contribution in [0.25, 0.3) is 0 Å². The minimum absolute atomic E-state index is 0.00334. The third-order valence-corrected chi connectivity index (χ3v) is 5.96. The van der Waals surface area contributed by atoms with Crippen LogP contribution >= 0.6 is 0 Å². The zero-order valence-corrected chi connectivity index (χ0v) is 19.7. The number of likely N-dealkylation sites (tertiary alicyclic amines) is 1. The molecule has 31 heavy (non-hydrogen) atoms. The van der Waals surface area contributed by atoms with Gasteiger partial charge in [0, 0.05) is 32.1 Å². The largest absolute Gasteiger partial charge is 0.444 e. The average molecular weight is 440 g/mol. The van der Waals surface area contributed by atoms with Crippen LogP contribution in [0.1, 0.15) is 79.1 Å². The monoisotopic (exact) mass is 439 g/mol. The van der Waals surface area contributed by atoms with Crippen molar-refractivity contribution >= 4 is 17.9 Å². The molecular weight excluding hydrogens is 398 g/mol. The highest BCUT2D eigenvalue weighted by Gasteiger charge is 2.29. The fourth-order valence-corrected chi connectivity index (χ4v) is 4.24. The van der Waals surface area contributed by atoms with Crippen LogP contribution in [-0.4, -0.2) is 66.8 Å². The molecule has 1 aliphatic heterocycles. The maximum Gasteiger partial charge on any atom is 0.407 e. The number of rotatable bonds is 8. The van der Waals surface area contributed by atoms with Crippen molar-refractivity contribution in [2.45, 2.75) is 96.8 Å². The highest BCUT2D eigenvalue weighted by atomic mass is 16.6. The lowest BCUT2D eigenvalue weighted by atomic mass is 9.88. The van der Waals surface area contributed by atoms with Crippen molar-refractivity contribution in [3.8, 4) is 0 Å². The van der Waals surface area contributed by atoms with Gasteiger partial charge in [-0.15, -0.1) is 0 Å². The standard InChI is InChI=1S/C23H41N3O5/c1-17-9-5-6-11-19(17)30-16-21(28)26-14-8-7-10-18(26)15-25-20(27)12-13-24-22(29)31-23(2,3)4/h17-19H,5-16H2,1-4H3,(H,24,29)(H,25,27)/t17-,18-,19+/m1/s1. The molecule has 1 heterocycles. The second-order valence-electron chi connectivity index (χ2n) is 9.83. The minimum Gasteiger partial charge on any atom is -0.444 e. The molecule has 3 atom stereocenters. The number of carbonyl (C=O) groups is 3. The van der Waals surface area contributed by atoms with Gasteiger partial charge in [-0.2, -0.15) is 0 Å². The molecule has 178 valence electrons. The van der Waals surface area contributed by atoms with Crippen molar-refractivity contribution in [3.63, 3.8) is 0 Å². The molecule has 0 aromatic rings. The van der Waals surface area contributed by atoms with Crippen molar-refractivity contribution in [2.24, 2.45) is 5.92 Å². The van der Waals surface area contributed by atoms with E-state index >= 15 is 0 Å². The molecule has 0 aromatic carbocycles. The van der Waals surface area contributed by atoms with Gasteiger partial charge in [-0.05, 0) is 58.8 Å². The Morgan fingerprint density at radius 2 is 1.71 bits per heavy atom. The zero-order chi connectivity index (χ0) is 22.9. The summed E-state index contributed by atoms with van der Waals surface area (Å²) in [7, 11) is 0. The molecule has 8 nitrogen and oxygen atoms in total. The summed E-state index contributed by atoms with van der Waals surface area (Å²) in [5.41, 5.74) is -0.567. The molecule has 0 radical (unpaired) electrons. The Bertz CT molecular complexity index is 605. The number of ether oxygens (including phenoxy) is 2. The first-order valence-corrected chi connectivity index (χ1v) is 11.8. The molecule has 2 fully saturated rings. The Balaban J connectivity index is 1.70. The highest BCUT2D eigenvalue weighted by molar-refractivity contribution is 5.79. The van der Waals surface area contributed by atoms with E-state index in [2.05, 4.69) is 17.6 Å². The van der Waals surface area contributed by atoms with Gasteiger partial charge in [0.05, 0.1) is 6.10 Å². The van der Waals surface area contributed by atoms with Crippen LogP contribution in [-0.2, 0) is 19.1 Å². The first-order valence-electron chi connectivity index (χ1n) is 11.8. The number of nitrogens with one attached hydrogen (secondary N) is 2. The summed E-state index contributed by atoms with van der Waals surface area (Å²) in [5, 5.41) is 5.49. The summed E-state index contributed by atoms with van der Waals surface area (Å²) in [6, 6.07) is -0.00334. The smallest absolute Gasteiger partial charge is 0.407 e. The predicted octanol–water partition coefficient (Wildman–Crippen LogP) is 2.99. The normalized spacial score (nSPS) is 24.4. The maximum atomic E-state index is 12.8. The summed E-state index contributed by atoms with van der Waals surface area (Å²) >= 11 is 0. The Morgan fingerprint density at radius 1 is 1.00 bits per heavy atom. The molecular formula is C23H41N3O5.